The number of nitro benzene ring substituents is 1. The van der Waals surface area contributed by atoms with E-state index in [0.717, 1.165) is 37.2 Å². The Morgan fingerprint density at radius 1 is 1.21 bits per heavy atom. The zero-order valence-electron chi connectivity index (χ0n) is 15.8. The lowest BCUT2D eigenvalue weighted by molar-refractivity contribution is -0.384. The van der Waals surface area contributed by atoms with Gasteiger partial charge in [0.05, 0.1) is 18.1 Å². The standard InChI is InChI=1S/C20H24N4O4/c1-28-18-9-7-15(8-10-18)19(23-11-2-3-12-23)14-21-20(25)22-16-5-4-6-17(13-16)24(26)27/h4-10,13,19H,2-3,11-12,14H2,1H3,(H2,21,22,25)/t19-/m1/s1. The van der Waals surface area contributed by atoms with Crippen molar-refractivity contribution >= 4 is 17.4 Å². The topological polar surface area (TPSA) is 96.7 Å². The molecule has 1 fully saturated rings. The third kappa shape index (κ3) is 4.98. The van der Waals surface area contributed by atoms with Crippen molar-refractivity contribution in [1.29, 1.82) is 0 Å². The number of anilines is 1. The number of ether oxygens (including phenoxy) is 1. The fourth-order valence-electron chi connectivity index (χ4n) is 3.40. The Labute approximate surface area is 163 Å². The lowest BCUT2D eigenvalue weighted by Crippen LogP contribution is -2.38. The molecular weight excluding hydrogens is 360 g/mol. The van der Waals surface area contributed by atoms with Crippen LogP contribution in [0.25, 0.3) is 0 Å². The van der Waals surface area contributed by atoms with E-state index >= 15 is 0 Å². The average Bonchev–Trinajstić information content (AvgIpc) is 3.23. The first-order valence-electron chi connectivity index (χ1n) is 9.24. The number of hydrogen-bond acceptors (Lipinski definition) is 5. The van der Waals surface area contributed by atoms with E-state index in [1.165, 1.54) is 18.2 Å². The summed E-state index contributed by atoms with van der Waals surface area (Å²) in [5, 5.41) is 16.4. The van der Waals surface area contributed by atoms with Gasteiger partial charge < -0.3 is 15.4 Å². The number of nitrogens with one attached hydrogen (secondary N) is 2. The van der Waals surface area contributed by atoms with Gasteiger partial charge in [-0.2, -0.15) is 0 Å². The summed E-state index contributed by atoms with van der Waals surface area (Å²) in [5.41, 5.74) is 1.43. The van der Waals surface area contributed by atoms with Gasteiger partial charge in [-0.05, 0) is 49.7 Å². The highest BCUT2D eigenvalue weighted by molar-refractivity contribution is 5.89. The minimum atomic E-state index is -0.490. The number of rotatable bonds is 7. The molecule has 1 aliphatic rings. The van der Waals surface area contributed by atoms with E-state index in [4.69, 9.17) is 4.74 Å². The first kappa shape index (κ1) is 19.6. The molecule has 1 atom stereocenters. The smallest absolute Gasteiger partial charge is 0.319 e. The number of carbonyl (C=O) groups is 1. The Balaban J connectivity index is 1.64. The van der Waals surface area contributed by atoms with Gasteiger partial charge in [0.15, 0.2) is 0 Å². The molecule has 0 aliphatic carbocycles. The van der Waals surface area contributed by atoms with E-state index in [1.807, 2.05) is 24.3 Å². The summed E-state index contributed by atoms with van der Waals surface area (Å²) in [6.45, 7) is 2.42. The molecule has 0 saturated carbocycles. The van der Waals surface area contributed by atoms with E-state index in [9.17, 15) is 14.9 Å². The third-order valence-corrected chi connectivity index (χ3v) is 4.85. The third-order valence-electron chi connectivity index (χ3n) is 4.85. The monoisotopic (exact) mass is 384 g/mol. The van der Waals surface area contributed by atoms with Gasteiger partial charge in [-0.15, -0.1) is 0 Å². The van der Waals surface area contributed by atoms with Crippen molar-refractivity contribution in [3.63, 3.8) is 0 Å². The van der Waals surface area contributed by atoms with Crippen LogP contribution in [0.4, 0.5) is 16.2 Å². The zero-order chi connectivity index (χ0) is 19.9. The van der Waals surface area contributed by atoms with Crippen LogP contribution in [0.1, 0.15) is 24.4 Å². The summed E-state index contributed by atoms with van der Waals surface area (Å²) in [6, 6.07) is 13.4. The Kier molecular flexibility index (Phi) is 6.44. The molecule has 0 unspecified atom stereocenters. The summed E-state index contributed by atoms with van der Waals surface area (Å²) in [5.74, 6) is 0.792. The molecule has 28 heavy (non-hydrogen) atoms. The Morgan fingerprint density at radius 2 is 1.93 bits per heavy atom. The zero-order valence-corrected chi connectivity index (χ0v) is 15.8. The van der Waals surface area contributed by atoms with Gasteiger partial charge in [-0.25, -0.2) is 4.79 Å². The van der Waals surface area contributed by atoms with Crippen molar-refractivity contribution in [3.8, 4) is 5.75 Å². The summed E-state index contributed by atoms with van der Waals surface area (Å²) in [4.78, 5) is 25.0. The van der Waals surface area contributed by atoms with Gasteiger partial charge in [-0.1, -0.05) is 18.2 Å². The van der Waals surface area contributed by atoms with Gasteiger partial charge in [0, 0.05) is 24.4 Å². The number of non-ortho nitro benzene ring substituents is 1. The second kappa shape index (κ2) is 9.18. The quantitative estimate of drug-likeness (QED) is 0.562. The van der Waals surface area contributed by atoms with Crippen LogP contribution in [0.2, 0.25) is 0 Å². The molecular formula is C20H24N4O4. The number of nitro groups is 1. The van der Waals surface area contributed by atoms with Gasteiger partial charge in [0.25, 0.3) is 5.69 Å². The van der Waals surface area contributed by atoms with E-state index in [-0.39, 0.29) is 11.7 Å². The molecule has 2 N–H and O–H groups in total. The van der Waals surface area contributed by atoms with E-state index in [0.29, 0.717) is 12.2 Å². The fraction of sp³-hybridized carbons (Fsp3) is 0.350. The summed E-state index contributed by atoms with van der Waals surface area (Å²) >= 11 is 0. The van der Waals surface area contributed by atoms with Crippen molar-refractivity contribution in [2.75, 3.05) is 32.1 Å². The van der Waals surface area contributed by atoms with E-state index in [2.05, 4.69) is 15.5 Å². The van der Waals surface area contributed by atoms with Crippen LogP contribution < -0.4 is 15.4 Å². The van der Waals surface area contributed by atoms with Crippen molar-refractivity contribution in [2.45, 2.75) is 18.9 Å². The summed E-state index contributed by atoms with van der Waals surface area (Å²) < 4.78 is 5.22. The number of hydrogen-bond donors (Lipinski definition) is 2. The van der Waals surface area contributed by atoms with Crippen LogP contribution in [0.15, 0.2) is 48.5 Å². The maximum Gasteiger partial charge on any atom is 0.319 e. The molecule has 8 nitrogen and oxygen atoms in total. The minimum absolute atomic E-state index is 0.0595. The normalized spacial score (nSPS) is 15.0. The molecule has 3 rings (SSSR count). The Morgan fingerprint density at radius 3 is 2.57 bits per heavy atom. The summed E-state index contributed by atoms with van der Waals surface area (Å²) in [7, 11) is 1.63. The molecule has 2 aromatic carbocycles. The molecule has 2 amide bonds. The molecule has 0 aromatic heterocycles. The maximum atomic E-state index is 12.3. The van der Waals surface area contributed by atoms with Gasteiger partial charge in [0.2, 0.25) is 0 Å². The number of amides is 2. The predicted molar refractivity (Wildman–Crippen MR) is 107 cm³/mol. The molecule has 0 bridgehead atoms. The summed E-state index contributed by atoms with van der Waals surface area (Å²) in [6.07, 6.45) is 2.29. The highest BCUT2D eigenvalue weighted by Crippen LogP contribution is 2.26. The van der Waals surface area contributed by atoms with Crippen molar-refractivity contribution in [1.82, 2.24) is 10.2 Å². The maximum absolute atomic E-state index is 12.3. The molecule has 148 valence electrons. The molecule has 0 spiro atoms. The first-order valence-corrected chi connectivity index (χ1v) is 9.24. The van der Waals surface area contributed by atoms with Crippen molar-refractivity contribution in [3.05, 3.63) is 64.2 Å². The van der Waals surface area contributed by atoms with Crippen LogP contribution in [-0.2, 0) is 0 Å². The highest BCUT2D eigenvalue weighted by Gasteiger charge is 2.24. The van der Waals surface area contributed by atoms with Gasteiger partial charge in [0.1, 0.15) is 5.75 Å². The van der Waals surface area contributed by atoms with E-state index < -0.39 is 11.0 Å². The Hall–Kier alpha value is -3.13. The number of benzene rings is 2. The number of methoxy groups -OCH3 is 1. The number of urea groups is 1. The second-order valence-electron chi connectivity index (χ2n) is 6.67. The number of likely N-dealkylation sites (tertiary alicyclic amines) is 1. The molecule has 2 aromatic rings. The molecule has 1 aliphatic heterocycles. The van der Waals surface area contributed by atoms with Gasteiger partial charge in [-0.3, -0.25) is 15.0 Å². The number of carbonyl (C=O) groups excluding carboxylic acids is 1. The molecule has 0 radical (unpaired) electrons. The second-order valence-corrected chi connectivity index (χ2v) is 6.67. The lowest BCUT2D eigenvalue weighted by Gasteiger charge is -2.28. The highest BCUT2D eigenvalue weighted by atomic mass is 16.6. The fourth-order valence-corrected chi connectivity index (χ4v) is 3.40. The first-order chi connectivity index (χ1) is 13.6. The number of nitrogens with zero attached hydrogens (tertiary/aromatic N) is 2. The SMILES string of the molecule is COc1ccc([C@@H](CNC(=O)Nc2cccc([N+](=O)[O-])c2)N2CCCC2)cc1. The lowest BCUT2D eigenvalue weighted by atomic mass is 10.1. The van der Waals surface area contributed by atoms with Crippen LogP contribution in [0.3, 0.4) is 0 Å². The average molecular weight is 384 g/mol. The van der Waals surface area contributed by atoms with Crippen molar-refractivity contribution in [2.24, 2.45) is 0 Å². The van der Waals surface area contributed by atoms with E-state index in [1.54, 1.807) is 13.2 Å². The molecule has 1 heterocycles. The largest absolute Gasteiger partial charge is 0.497 e. The molecule has 8 heteroatoms. The van der Waals surface area contributed by atoms with Gasteiger partial charge >= 0.3 is 6.03 Å². The van der Waals surface area contributed by atoms with Crippen LogP contribution in [-0.4, -0.2) is 42.6 Å². The van der Waals surface area contributed by atoms with Crippen LogP contribution in [0.5, 0.6) is 5.75 Å². The van der Waals surface area contributed by atoms with Crippen LogP contribution in [0, 0.1) is 10.1 Å². The predicted octanol–water partition coefficient (Wildman–Crippen LogP) is 3.56. The molecule has 1 saturated heterocycles. The van der Waals surface area contributed by atoms with Crippen molar-refractivity contribution < 1.29 is 14.5 Å². The minimum Gasteiger partial charge on any atom is -0.497 e. The van der Waals surface area contributed by atoms with Crippen LogP contribution >= 0.6 is 0 Å². The Bertz CT molecular complexity index is 819.